The molecule has 3 aromatic rings. The van der Waals surface area contributed by atoms with E-state index in [1.165, 1.54) is 31.6 Å². The fraction of sp³-hybridized carbons (Fsp3) is 0.238. The molecule has 0 fully saturated rings. The van der Waals surface area contributed by atoms with Crippen molar-refractivity contribution in [3.63, 3.8) is 0 Å². The molecule has 1 aliphatic rings. The second-order valence-corrected chi connectivity index (χ2v) is 8.85. The van der Waals surface area contributed by atoms with Crippen molar-refractivity contribution < 1.29 is 28.3 Å². The summed E-state index contributed by atoms with van der Waals surface area (Å²) in [6, 6.07) is 6.49. The molecular formula is C21H16BrNO7S. The summed E-state index contributed by atoms with van der Waals surface area (Å²) >= 11 is 4.52. The molecule has 10 heteroatoms. The number of halogens is 1. The minimum absolute atomic E-state index is 0.108. The fourth-order valence-corrected chi connectivity index (χ4v) is 5.30. The molecule has 0 bridgehead atoms. The van der Waals surface area contributed by atoms with Crippen molar-refractivity contribution in [2.24, 2.45) is 0 Å². The highest BCUT2D eigenvalue weighted by atomic mass is 79.9. The van der Waals surface area contributed by atoms with Crippen LogP contribution in [0.25, 0.3) is 11.0 Å². The molecule has 160 valence electrons. The number of esters is 2. The molecule has 31 heavy (non-hydrogen) atoms. The standard InChI is InChI=1S/C21H16BrNO7S/c1-28-19(25)11-4-6-14-15(11)16(21(27)29-2)18(31-14)23-17(24)12-8-9-7-10(22)3-5-13(9)30-20(12)26/h3,5,7-8,11H,4,6H2,1-2H3,(H,23,24). The molecule has 1 unspecified atom stereocenters. The molecule has 1 atom stereocenters. The van der Waals surface area contributed by atoms with E-state index in [-0.39, 0.29) is 16.1 Å². The van der Waals surface area contributed by atoms with Gasteiger partial charge in [-0.3, -0.25) is 9.59 Å². The van der Waals surface area contributed by atoms with Crippen LogP contribution in [-0.4, -0.2) is 32.1 Å². The molecule has 8 nitrogen and oxygen atoms in total. The SMILES string of the molecule is COC(=O)c1c(NC(=O)c2cc3cc(Br)ccc3oc2=O)sc2c1C(C(=O)OC)CC2. The van der Waals surface area contributed by atoms with Crippen LogP contribution in [0.4, 0.5) is 5.00 Å². The molecule has 0 aliphatic heterocycles. The number of hydrogen-bond acceptors (Lipinski definition) is 8. The number of anilines is 1. The van der Waals surface area contributed by atoms with Gasteiger partial charge in [0, 0.05) is 14.7 Å². The van der Waals surface area contributed by atoms with Gasteiger partial charge in [-0.05, 0) is 42.7 Å². The molecule has 0 saturated carbocycles. The van der Waals surface area contributed by atoms with E-state index in [2.05, 4.69) is 21.2 Å². The number of carbonyl (C=O) groups excluding carboxylic acids is 3. The maximum Gasteiger partial charge on any atom is 0.349 e. The molecule has 1 amide bonds. The normalized spacial score (nSPS) is 14.9. The Labute approximate surface area is 188 Å². The van der Waals surface area contributed by atoms with Gasteiger partial charge >= 0.3 is 17.6 Å². The maximum absolute atomic E-state index is 12.9. The lowest BCUT2D eigenvalue weighted by Crippen LogP contribution is -2.22. The predicted octanol–water partition coefficient (Wildman–Crippen LogP) is 3.86. The minimum Gasteiger partial charge on any atom is -0.469 e. The number of fused-ring (bicyclic) bond motifs is 2. The Morgan fingerprint density at radius 3 is 2.68 bits per heavy atom. The van der Waals surface area contributed by atoms with Crippen LogP contribution in [0.1, 0.15) is 43.5 Å². The van der Waals surface area contributed by atoms with Crippen molar-refractivity contribution in [1.82, 2.24) is 0 Å². The Bertz CT molecular complexity index is 1290. The first-order valence-corrected chi connectivity index (χ1v) is 10.8. The second kappa shape index (κ2) is 8.27. The van der Waals surface area contributed by atoms with Gasteiger partial charge in [0.15, 0.2) is 0 Å². The third kappa shape index (κ3) is 3.77. The zero-order valence-electron chi connectivity index (χ0n) is 16.4. The number of hydrogen-bond donors (Lipinski definition) is 1. The van der Waals surface area contributed by atoms with Gasteiger partial charge in [-0.15, -0.1) is 11.3 Å². The van der Waals surface area contributed by atoms with Crippen molar-refractivity contribution in [3.05, 3.63) is 60.7 Å². The molecule has 4 rings (SSSR count). The Morgan fingerprint density at radius 2 is 1.97 bits per heavy atom. The zero-order valence-corrected chi connectivity index (χ0v) is 18.8. The average molecular weight is 506 g/mol. The van der Waals surface area contributed by atoms with Crippen molar-refractivity contribution in [2.45, 2.75) is 18.8 Å². The number of amides is 1. The summed E-state index contributed by atoms with van der Waals surface area (Å²) in [5.41, 5.74) is -0.0517. The van der Waals surface area contributed by atoms with Gasteiger partial charge in [-0.1, -0.05) is 15.9 Å². The van der Waals surface area contributed by atoms with Crippen LogP contribution in [0.5, 0.6) is 0 Å². The summed E-state index contributed by atoms with van der Waals surface area (Å²) in [4.78, 5) is 50.7. The first-order chi connectivity index (χ1) is 14.8. The van der Waals surface area contributed by atoms with E-state index < -0.39 is 29.4 Å². The molecule has 1 aromatic carbocycles. The van der Waals surface area contributed by atoms with Crippen LogP contribution in [0, 0.1) is 0 Å². The summed E-state index contributed by atoms with van der Waals surface area (Å²) in [6.07, 6.45) is 1.07. The lowest BCUT2D eigenvalue weighted by Gasteiger charge is -2.11. The van der Waals surface area contributed by atoms with Gasteiger partial charge in [-0.25, -0.2) is 9.59 Å². The summed E-state index contributed by atoms with van der Waals surface area (Å²) < 4.78 is 15.7. The number of ether oxygens (including phenoxy) is 2. The van der Waals surface area contributed by atoms with Crippen LogP contribution >= 0.6 is 27.3 Å². The summed E-state index contributed by atoms with van der Waals surface area (Å²) in [7, 11) is 2.50. The smallest absolute Gasteiger partial charge is 0.349 e. The lowest BCUT2D eigenvalue weighted by atomic mass is 9.99. The number of thiophene rings is 1. The number of rotatable bonds is 4. The van der Waals surface area contributed by atoms with Gasteiger partial charge in [0.2, 0.25) is 0 Å². The van der Waals surface area contributed by atoms with Gasteiger partial charge in [0.25, 0.3) is 5.91 Å². The highest BCUT2D eigenvalue weighted by Gasteiger charge is 2.38. The van der Waals surface area contributed by atoms with E-state index in [1.54, 1.807) is 18.2 Å². The summed E-state index contributed by atoms with van der Waals surface area (Å²) in [5.74, 6) is -2.48. The van der Waals surface area contributed by atoms with Crippen molar-refractivity contribution in [3.8, 4) is 0 Å². The number of nitrogens with one attached hydrogen (secondary N) is 1. The highest BCUT2D eigenvalue weighted by Crippen LogP contribution is 2.46. The Balaban J connectivity index is 1.75. The number of carbonyl (C=O) groups is 3. The van der Waals surface area contributed by atoms with Crippen molar-refractivity contribution in [1.29, 1.82) is 0 Å². The van der Waals surface area contributed by atoms with E-state index in [9.17, 15) is 19.2 Å². The molecule has 0 radical (unpaired) electrons. The lowest BCUT2D eigenvalue weighted by molar-refractivity contribution is -0.142. The first-order valence-electron chi connectivity index (χ1n) is 9.20. The summed E-state index contributed by atoms with van der Waals surface area (Å²) in [5, 5.41) is 3.40. The molecule has 1 N–H and O–H groups in total. The molecule has 2 heterocycles. The summed E-state index contributed by atoms with van der Waals surface area (Å²) in [6.45, 7) is 0. The van der Waals surface area contributed by atoms with Crippen LogP contribution in [0.3, 0.4) is 0 Å². The first kappa shape index (κ1) is 21.3. The van der Waals surface area contributed by atoms with E-state index in [0.717, 1.165) is 9.35 Å². The number of aryl methyl sites for hydroxylation is 1. The van der Waals surface area contributed by atoms with Crippen molar-refractivity contribution >= 4 is 61.1 Å². The van der Waals surface area contributed by atoms with E-state index in [4.69, 9.17) is 13.9 Å². The van der Waals surface area contributed by atoms with Crippen molar-refractivity contribution in [2.75, 3.05) is 19.5 Å². The molecular weight excluding hydrogens is 490 g/mol. The van der Waals surface area contributed by atoms with E-state index in [1.807, 2.05) is 0 Å². The van der Waals surface area contributed by atoms with Crippen LogP contribution in [-0.2, 0) is 20.7 Å². The number of methoxy groups -OCH3 is 2. The topological polar surface area (TPSA) is 112 Å². The zero-order chi connectivity index (χ0) is 22.3. The quantitative estimate of drug-likeness (QED) is 0.423. The van der Waals surface area contributed by atoms with Crippen LogP contribution in [0.15, 0.2) is 37.9 Å². The van der Waals surface area contributed by atoms with Crippen LogP contribution in [0.2, 0.25) is 0 Å². The molecule has 0 saturated heterocycles. The molecule has 0 spiro atoms. The third-order valence-corrected chi connectivity index (χ3v) is 6.75. The number of benzene rings is 1. The van der Waals surface area contributed by atoms with Gasteiger partial charge in [0.05, 0.1) is 25.7 Å². The maximum atomic E-state index is 12.9. The van der Waals surface area contributed by atoms with Gasteiger partial charge in [-0.2, -0.15) is 0 Å². The molecule has 1 aliphatic carbocycles. The Morgan fingerprint density at radius 1 is 1.19 bits per heavy atom. The Hall–Kier alpha value is -2.98. The minimum atomic E-state index is -0.802. The van der Waals surface area contributed by atoms with Gasteiger partial charge < -0.3 is 19.2 Å². The van der Waals surface area contributed by atoms with E-state index >= 15 is 0 Å². The van der Waals surface area contributed by atoms with E-state index in [0.29, 0.717) is 29.4 Å². The largest absolute Gasteiger partial charge is 0.469 e. The van der Waals surface area contributed by atoms with Gasteiger partial charge in [0.1, 0.15) is 16.1 Å². The van der Waals surface area contributed by atoms with Crippen LogP contribution < -0.4 is 10.9 Å². The third-order valence-electron chi connectivity index (χ3n) is 5.07. The molecule has 2 aromatic heterocycles. The monoisotopic (exact) mass is 505 g/mol. The highest BCUT2D eigenvalue weighted by molar-refractivity contribution is 9.10. The Kier molecular flexibility index (Phi) is 5.67. The second-order valence-electron chi connectivity index (χ2n) is 6.83. The fourth-order valence-electron chi connectivity index (χ4n) is 3.66. The average Bonchev–Trinajstić information content (AvgIpc) is 3.31. The predicted molar refractivity (Wildman–Crippen MR) is 117 cm³/mol.